The number of rotatable bonds is 10. The summed E-state index contributed by atoms with van der Waals surface area (Å²) in [5.41, 5.74) is 10.3. The molecule has 0 N–H and O–H groups in total. The Morgan fingerprint density at radius 1 is 0.708 bits per heavy atom. The van der Waals surface area contributed by atoms with E-state index in [-0.39, 0.29) is 0 Å². The van der Waals surface area contributed by atoms with Crippen LogP contribution >= 0.6 is 0 Å². The van der Waals surface area contributed by atoms with Gasteiger partial charge < -0.3 is 0 Å². The van der Waals surface area contributed by atoms with Crippen molar-refractivity contribution < 1.29 is 0 Å². The van der Waals surface area contributed by atoms with Crippen LogP contribution in [0.3, 0.4) is 0 Å². The molecule has 0 saturated carbocycles. The van der Waals surface area contributed by atoms with Gasteiger partial charge in [-0.25, -0.2) is 0 Å². The number of hydrogen-bond acceptors (Lipinski definition) is 1. The second-order valence-electron chi connectivity index (χ2n) is 7.66. The van der Waals surface area contributed by atoms with Crippen LogP contribution in [0.25, 0.3) is 0 Å². The summed E-state index contributed by atoms with van der Waals surface area (Å²) < 4.78 is 0. The fourth-order valence-electron chi connectivity index (χ4n) is 3.97. The summed E-state index contributed by atoms with van der Waals surface area (Å²) in [6.07, 6.45) is 14.3. The second-order valence-corrected chi connectivity index (χ2v) is 7.66. The van der Waals surface area contributed by atoms with Crippen molar-refractivity contribution in [1.82, 2.24) is 0 Å². The number of benzene rings is 1. The summed E-state index contributed by atoms with van der Waals surface area (Å²) >= 11 is 0. The smallest absolute Gasteiger partial charge is 0.0699 e. The molecule has 0 saturated heterocycles. The van der Waals surface area contributed by atoms with Crippen LogP contribution < -0.4 is 0 Å². The molecule has 0 aromatic heterocycles. The lowest BCUT2D eigenvalue weighted by molar-refractivity contribution is 0.615. The van der Waals surface area contributed by atoms with Gasteiger partial charge >= 0.3 is 0 Å². The molecule has 0 radical (unpaired) electrons. The predicted octanol–water partition coefficient (Wildman–Crippen LogP) is 7.33. The van der Waals surface area contributed by atoms with Gasteiger partial charge in [0.1, 0.15) is 0 Å². The Labute approximate surface area is 150 Å². The Morgan fingerprint density at radius 2 is 1.38 bits per heavy atom. The van der Waals surface area contributed by atoms with E-state index < -0.39 is 0 Å². The minimum Gasteiger partial charge on any atom is -0.257 e. The summed E-state index contributed by atoms with van der Waals surface area (Å²) in [7, 11) is 0. The molecule has 1 aromatic rings. The molecule has 0 spiro atoms. The third-order valence-electron chi connectivity index (χ3n) is 5.83. The molecule has 1 aliphatic rings. The fourth-order valence-corrected chi connectivity index (χ4v) is 3.97. The molecule has 1 nitrogen and oxygen atoms in total. The first kappa shape index (κ1) is 19.2. The number of fused-ring (bicyclic) bond motifs is 1. The van der Waals surface area contributed by atoms with Crippen molar-refractivity contribution >= 4 is 11.4 Å². The van der Waals surface area contributed by atoms with E-state index in [2.05, 4.69) is 34.6 Å². The Balaban J connectivity index is 2.03. The van der Waals surface area contributed by atoms with Gasteiger partial charge in [0.15, 0.2) is 0 Å². The molecule has 0 bridgehead atoms. The van der Waals surface area contributed by atoms with Crippen molar-refractivity contribution in [2.75, 3.05) is 0 Å². The highest BCUT2D eigenvalue weighted by Gasteiger charge is 2.23. The van der Waals surface area contributed by atoms with E-state index in [4.69, 9.17) is 4.99 Å². The van der Waals surface area contributed by atoms with E-state index in [1.54, 1.807) is 11.1 Å². The normalized spacial score (nSPS) is 13.3. The first-order valence-electron chi connectivity index (χ1n) is 10.3. The molecule has 0 atom stereocenters. The van der Waals surface area contributed by atoms with E-state index >= 15 is 0 Å². The lowest BCUT2D eigenvalue weighted by atomic mass is 9.88. The highest BCUT2D eigenvalue weighted by atomic mass is 14.8. The van der Waals surface area contributed by atoms with Gasteiger partial charge in [-0.15, -0.1) is 0 Å². The Morgan fingerprint density at radius 3 is 2.08 bits per heavy atom. The lowest BCUT2D eigenvalue weighted by Crippen LogP contribution is -2.04. The highest BCUT2D eigenvalue weighted by Crippen LogP contribution is 2.39. The van der Waals surface area contributed by atoms with E-state index in [0.29, 0.717) is 0 Å². The predicted molar refractivity (Wildman–Crippen MR) is 108 cm³/mol. The van der Waals surface area contributed by atoms with Crippen molar-refractivity contribution in [2.45, 2.75) is 105 Å². The number of hydrogen-bond donors (Lipinski definition) is 0. The summed E-state index contributed by atoms with van der Waals surface area (Å²) in [6, 6.07) is 0. The average Bonchev–Trinajstić information content (AvgIpc) is 3.00. The van der Waals surface area contributed by atoms with Crippen molar-refractivity contribution in [2.24, 2.45) is 4.99 Å². The zero-order valence-electron chi connectivity index (χ0n) is 16.7. The van der Waals surface area contributed by atoms with Crippen molar-refractivity contribution in [3.05, 3.63) is 27.8 Å². The van der Waals surface area contributed by atoms with Gasteiger partial charge in [0.05, 0.1) is 5.69 Å². The summed E-state index contributed by atoms with van der Waals surface area (Å²) in [6.45, 7) is 11.4. The molecule has 2 rings (SSSR count). The first-order valence-corrected chi connectivity index (χ1v) is 10.3. The molecule has 0 amide bonds. The fraction of sp³-hybridized carbons (Fsp3) is 0.696. The maximum Gasteiger partial charge on any atom is 0.0699 e. The van der Waals surface area contributed by atoms with Gasteiger partial charge in [-0.1, -0.05) is 52.4 Å². The lowest BCUT2D eigenvalue weighted by Gasteiger charge is -2.17. The Kier molecular flexibility index (Phi) is 7.52. The topological polar surface area (TPSA) is 12.4 Å². The van der Waals surface area contributed by atoms with E-state index in [0.717, 1.165) is 6.42 Å². The van der Waals surface area contributed by atoms with Crippen LogP contribution in [0.15, 0.2) is 4.99 Å². The average molecular weight is 328 g/mol. The van der Waals surface area contributed by atoms with E-state index in [1.807, 2.05) is 0 Å². The third-order valence-corrected chi connectivity index (χ3v) is 5.83. The molecule has 0 fully saturated rings. The standard InChI is InChI=1S/C23H37N/c1-6-8-10-11-12-13-14-20-16-22-21(15-9-7-2)18(4)17(3)19(5)23(22)24-20/h6-16H2,1-5H3. The number of unbranched alkanes of at least 4 members (excludes halogenated alkanes) is 6. The molecular formula is C23H37N. The van der Waals surface area contributed by atoms with Gasteiger partial charge in [-0.3, -0.25) is 4.99 Å². The van der Waals surface area contributed by atoms with Crippen LogP contribution in [-0.2, 0) is 12.8 Å². The van der Waals surface area contributed by atoms with Crippen LogP contribution in [0.4, 0.5) is 5.69 Å². The molecule has 24 heavy (non-hydrogen) atoms. The largest absolute Gasteiger partial charge is 0.257 e. The van der Waals surface area contributed by atoms with Crippen LogP contribution in [0.2, 0.25) is 0 Å². The summed E-state index contributed by atoms with van der Waals surface area (Å²) in [5, 5.41) is 0. The van der Waals surface area contributed by atoms with Gasteiger partial charge in [0.2, 0.25) is 0 Å². The first-order chi connectivity index (χ1) is 11.6. The molecule has 1 heterocycles. The summed E-state index contributed by atoms with van der Waals surface area (Å²) in [5.74, 6) is 0. The summed E-state index contributed by atoms with van der Waals surface area (Å²) in [4.78, 5) is 5.07. The molecule has 1 heteroatoms. The molecule has 1 aliphatic heterocycles. The molecule has 0 unspecified atom stereocenters. The van der Waals surface area contributed by atoms with Crippen LogP contribution in [0, 0.1) is 20.8 Å². The zero-order valence-corrected chi connectivity index (χ0v) is 16.7. The third kappa shape index (κ3) is 4.49. The maximum absolute atomic E-state index is 5.07. The Bertz CT molecular complexity index is 580. The molecular weight excluding hydrogens is 290 g/mol. The van der Waals surface area contributed by atoms with E-state index in [1.165, 1.54) is 92.3 Å². The minimum atomic E-state index is 1.12. The van der Waals surface area contributed by atoms with Crippen LogP contribution in [0.5, 0.6) is 0 Å². The van der Waals surface area contributed by atoms with Gasteiger partial charge in [-0.2, -0.15) is 0 Å². The van der Waals surface area contributed by atoms with Crippen molar-refractivity contribution in [3.63, 3.8) is 0 Å². The maximum atomic E-state index is 5.07. The molecule has 134 valence electrons. The van der Waals surface area contributed by atoms with Crippen LogP contribution in [-0.4, -0.2) is 5.71 Å². The van der Waals surface area contributed by atoms with Gasteiger partial charge in [-0.05, 0) is 74.3 Å². The molecule has 1 aromatic carbocycles. The van der Waals surface area contributed by atoms with Gasteiger partial charge in [0, 0.05) is 12.1 Å². The minimum absolute atomic E-state index is 1.12. The highest BCUT2D eigenvalue weighted by molar-refractivity contribution is 5.95. The molecule has 0 aliphatic carbocycles. The van der Waals surface area contributed by atoms with Crippen LogP contribution in [0.1, 0.15) is 99.5 Å². The van der Waals surface area contributed by atoms with Crippen molar-refractivity contribution in [1.29, 1.82) is 0 Å². The quantitative estimate of drug-likeness (QED) is 0.399. The number of aliphatic imine (C=N–C) groups is 1. The number of nitrogens with zero attached hydrogens (tertiary/aromatic N) is 1. The van der Waals surface area contributed by atoms with Gasteiger partial charge in [0.25, 0.3) is 0 Å². The monoisotopic (exact) mass is 327 g/mol. The van der Waals surface area contributed by atoms with Crippen molar-refractivity contribution in [3.8, 4) is 0 Å². The zero-order chi connectivity index (χ0) is 17.5. The Hall–Kier alpha value is -1.11. The second kappa shape index (κ2) is 9.39. The van der Waals surface area contributed by atoms with E-state index in [9.17, 15) is 0 Å². The SMILES string of the molecule is CCCCCCCCC1=Nc2c(C)c(C)c(C)c(CCCC)c2C1.